The van der Waals surface area contributed by atoms with Gasteiger partial charge in [0.1, 0.15) is 0 Å². The normalized spacial score (nSPS) is 13.1. The smallest absolute Gasteiger partial charge is 0.355 e. The minimum atomic E-state index is -4.84. The molecule has 0 fully saturated rings. The highest BCUT2D eigenvalue weighted by molar-refractivity contribution is 5.98. The van der Waals surface area contributed by atoms with Crippen molar-refractivity contribution in [3.8, 4) is 33.4 Å². The zero-order chi connectivity index (χ0) is 38.0. The number of fused-ring (bicyclic) bond motifs is 8. The van der Waals surface area contributed by atoms with Gasteiger partial charge >= 0.3 is 18.5 Å². The monoisotopic (exact) mass is 742 g/mol. The summed E-state index contributed by atoms with van der Waals surface area (Å²) < 4.78 is 130. The summed E-state index contributed by atoms with van der Waals surface area (Å²) in [5.74, 6) is 0. The lowest BCUT2D eigenvalue weighted by Gasteiger charge is -2.14. The van der Waals surface area contributed by atoms with Gasteiger partial charge in [-0.1, -0.05) is 54.6 Å². The number of H-pyrrole nitrogens is 2. The van der Waals surface area contributed by atoms with E-state index in [0.29, 0.717) is 11.2 Å². The molecule has 0 saturated carbocycles. The predicted octanol–water partition coefficient (Wildman–Crippen LogP) is 12.7. The van der Waals surface area contributed by atoms with Gasteiger partial charge in [0.05, 0.1) is 39.5 Å². The molecule has 13 heteroatoms. The number of aromatic amines is 2. The summed E-state index contributed by atoms with van der Waals surface area (Å²) in [6.45, 7) is 0. The van der Waals surface area contributed by atoms with E-state index in [-0.39, 0.29) is 67.0 Å². The van der Waals surface area contributed by atoms with Gasteiger partial charge in [0.2, 0.25) is 0 Å². The summed E-state index contributed by atoms with van der Waals surface area (Å²) in [6, 6.07) is 22.1. The van der Waals surface area contributed by atoms with Gasteiger partial charge in [0.25, 0.3) is 0 Å². The number of rotatable bonds is 3. The maximum atomic E-state index is 14.6. The molecule has 4 nitrogen and oxygen atoms in total. The van der Waals surface area contributed by atoms with Crippen LogP contribution in [0, 0.1) is 0 Å². The molecule has 3 aromatic heterocycles. The van der Waals surface area contributed by atoms with Crippen LogP contribution in [0.5, 0.6) is 0 Å². The van der Waals surface area contributed by atoms with Gasteiger partial charge in [-0.15, -0.1) is 0 Å². The minimum Gasteiger partial charge on any atom is -0.355 e. The second kappa shape index (κ2) is 12.6. The number of alkyl halides is 9. The third kappa shape index (κ3) is 6.25. The molecule has 2 N–H and O–H groups in total. The van der Waals surface area contributed by atoms with Crippen molar-refractivity contribution in [3.63, 3.8) is 0 Å². The first-order chi connectivity index (χ1) is 25.7. The Labute approximate surface area is 300 Å². The summed E-state index contributed by atoms with van der Waals surface area (Å²) >= 11 is 0. The average molecular weight is 743 g/mol. The third-order valence-corrected chi connectivity index (χ3v) is 9.08. The quantitative estimate of drug-likeness (QED) is 0.177. The molecular weight excluding hydrogens is 719 g/mol. The highest BCUT2D eigenvalue weighted by Crippen LogP contribution is 2.44. The molecule has 0 radical (unpaired) electrons. The number of hydrogen-bond acceptors (Lipinski definition) is 2. The van der Waals surface area contributed by atoms with Crippen LogP contribution in [0.15, 0.2) is 103 Å². The van der Waals surface area contributed by atoms with Crippen LogP contribution >= 0.6 is 0 Å². The number of halogens is 9. The lowest BCUT2D eigenvalue weighted by molar-refractivity contribution is -0.137. The van der Waals surface area contributed by atoms with Gasteiger partial charge in [-0.2, -0.15) is 39.5 Å². The Balaban J connectivity index is 1.57. The second-order valence-corrected chi connectivity index (χ2v) is 12.5. The molecule has 3 aromatic carbocycles. The molecule has 0 saturated heterocycles. The van der Waals surface area contributed by atoms with E-state index < -0.39 is 35.2 Å². The highest BCUT2D eigenvalue weighted by atomic mass is 19.4. The molecule has 0 unspecified atom stereocenters. The Kier molecular flexibility index (Phi) is 8.12. The van der Waals surface area contributed by atoms with Crippen LogP contribution < -0.4 is 0 Å². The first-order valence-corrected chi connectivity index (χ1v) is 16.3. The Bertz CT molecular complexity index is 2640. The summed E-state index contributed by atoms with van der Waals surface area (Å²) in [4.78, 5) is 15.5. The molecule has 54 heavy (non-hydrogen) atoms. The van der Waals surface area contributed by atoms with E-state index in [1.807, 2.05) is 0 Å². The van der Waals surface area contributed by atoms with E-state index in [0.717, 1.165) is 18.2 Å². The van der Waals surface area contributed by atoms with Crippen molar-refractivity contribution in [1.82, 2.24) is 19.9 Å². The maximum Gasteiger partial charge on any atom is 0.417 e. The lowest BCUT2D eigenvalue weighted by Crippen LogP contribution is -2.07. The molecule has 8 bridgehead atoms. The maximum absolute atomic E-state index is 14.6. The molecule has 270 valence electrons. The Morgan fingerprint density at radius 3 is 1.20 bits per heavy atom. The fourth-order valence-corrected chi connectivity index (χ4v) is 6.83. The summed E-state index contributed by atoms with van der Waals surface area (Å²) in [6.07, 6.45) is -8.48. The van der Waals surface area contributed by atoms with Crippen molar-refractivity contribution in [2.24, 2.45) is 0 Å². The van der Waals surface area contributed by atoms with Gasteiger partial charge in [0.15, 0.2) is 0 Å². The van der Waals surface area contributed by atoms with Gasteiger partial charge in [-0.25, -0.2) is 9.97 Å². The minimum absolute atomic E-state index is 0.0241. The largest absolute Gasteiger partial charge is 0.417 e. The molecule has 6 aromatic rings. The highest BCUT2D eigenvalue weighted by Gasteiger charge is 2.37. The zero-order valence-corrected chi connectivity index (χ0v) is 27.4. The fourth-order valence-electron chi connectivity index (χ4n) is 6.83. The van der Waals surface area contributed by atoms with Crippen molar-refractivity contribution >= 4 is 46.4 Å². The predicted molar refractivity (Wildman–Crippen MR) is 190 cm³/mol. The fraction of sp³-hybridized carbons (Fsp3) is 0.0732. The molecule has 8 rings (SSSR count). The average Bonchev–Trinajstić information content (AvgIpc) is 3.95. The second-order valence-electron chi connectivity index (χ2n) is 12.5. The summed E-state index contributed by atoms with van der Waals surface area (Å²) in [7, 11) is 0. The molecule has 0 spiro atoms. The van der Waals surface area contributed by atoms with Crippen LogP contribution in [0.4, 0.5) is 39.5 Å². The zero-order valence-electron chi connectivity index (χ0n) is 27.4. The van der Waals surface area contributed by atoms with Gasteiger partial charge in [-0.05, 0) is 89.5 Å². The van der Waals surface area contributed by atoms with E-state index >= 15 is 0 Å². The van der Waals surface area contributed by atoms with E-state index in [9.17, 15) is 39.5 Å². The molecule has 0 amide bonds. The summed E-state index contributed by atoms with van der Waals surface area (Å²) in [5, 5.41) is 0. The van der Waals surface area contributed by atoms with Crippen molar-refractivity contribution in [2.45, 2.75) is 18.5 Å². The van der Waals surface area contributed by atoms with Crippen LogP contribution in [-0.2, 0) is 18.5 Å². The molecule has 0 atom stereocenters. The van der Waals surface area contributed by atoms with Crippen LogP contribution in [0.2, 0.25) is 0 Å². The van der Waals surface area contributed by atoms with Gasteiger partial charge in [-0.3, -0.25) is 0 Å². The van der Waals surface area contributed by atoms with Crippen molar-refractivity contribution in [2.75, 3.05) is 0 Å². The van der Waals surface area contributed by atoms with E-state index in [1.54, 1.807) is 24.3 Å². The standard InChI is InChI=1S/C41H23F9N4/c42-39(43,44)27-10-4-1-7-24(27)36-30-15-13-22(51-30)21-23-14-16-31(52-23)37(25-8-2-5-11-28(25)40(45,46)47)33-18-20-35(54-33)38(34-19-17-32(36)53-34)26-9-3-6-12-29(26)41(48,49)50/h1-21,51,54H. The third-order valence-electron chi connectivity index (χ3n) is 9.08. The Morgan fingerprint density at radius 1 is 0.389 bits per heavy atom. The Hall–Kier alpha value is -6.37. The van der Waals surface area contributed by atoms with Crippen LogP contribution in [-0.4, -0.2) is 19.9 Å². The number of hydrogen-bond donors (Lipinski definition) is 2. The number of nitrogens with one attached hydrogen (secondary N) is 2. The first-order valence-electron chi connectivity index (χ1n) is 16.3. The Morgan fingerprint density at radius 2 is 0.759 bits per heavy atom. The SMILES string of the molecule is FC(F)(F)c1ccccc1-c1c2nc(c(-c3ccccc3C(F)(F)F)c3ccc([nH]3)c(-c3ccccc3C(F)(F)F)c3nc(cc4ccc1[nH]4)C=C3)C=C2. The van der Waals surface area contributed by atoms with Crippen LogP contribution in [0.3, 0.4) is 0 Å². The summed E-state index contributed by atoms with van der Waals surface area (Å²) in [5.41, 5.74) is -2.50. The van der Waals surface area contributed by atoms with E-state index in [1.165, 1.54) is 85.0 Å². The lowest BCUT2D eigenvalue weighted by atomic mass is 9.97. The van der Waals surface area contributed by atoms with Crippen LogP contribution in [0.25, 0.3) is 79.8 Å². The van der Waals surface area contributed by atoms with Crippen molar-refractivity contribution in [3.05, 3.63) is 143 Å². The van der Waals surface area contributed by atoms with Crippen LogP contribution in [0.1, 0.15) is 39.5 Å². The number of benzene rings is 3. The van der Waals surface area contributed by atoms with Crippen molar-refractivity contribution < 1.29 is 39.5 Å². The molecule has 2 aliphatic heterocycles. The topological polar surface area (TPSA) is 57.4 Å². The van der Waals surface area contributed by atoms with Gasteiger partial charge in [0, 0.05) is 38.8 Å². The van der Waals surface area contributed by atoms with Gasteiger partial charge < -0.3 is 9.97 Å². The molecule has 0 aliphatic carbocycles. The van der Waals surface area contributed by atoms with E-state index in [2.05, 4.69) is 19.9 Å². The number of aromatic nitrogens is 4. The van der Waals surface area contributed by atoms with Crippen molar-refractivity contribution in [1.29, 1.82) is 0 Å². The first kappa shape index (κ1) is 34.7. The molecule has 5 heterocycles. The molecule has 2 aliphatic rings. The number of nitrogens with zero attached hydrogens (tertiary/aromatic N) is 2. The molecular formula is C41H23F9N4. The van der Waals surface area contributed by atoms with E-state index in [4.69, 9.17) is 0 Å².